The number of aromatic nitrogens is 1. The molecular weight excluding hydrogens is 430 g/mol. The third-order valence-corrected chi connectivity index (χ3v) is 7.32. The highest BCUT2D eigenvalue weighted by molar-refractivity contribution is 7.13. The van der Waals surface area contributed by atoms with E-state index in [-0.39, 0.29) is 16.6 Å². The van der Waals surface area contributed by atoms with E-state index in [1.807, 2.05) is 41.9 Å². The molecule has 0 amide bonds. The number of allylic oxidation sites excluding steroid dienone is 2. The molecule has 2 aliphatic heterocycles. The van der Waals surface area contributed by atoms with Crippen LogP contribution in [0.1, 0.15) is 18.4 Å². The second-order valence-corrected chi connectivity index (χ2v) is 9.44. The van der Waals surface area contributed by atoms with E-state index in [9.17, 15) is 5.11 Å². The molecule has 3 aliphatic rings. The Balaban J connectivity index is 1.49. The maximum Gasteiger partial charge on any atom is 0.266 e. The van der Waals surface area contributed by atoms with Crippen LogP contribution in [0.25, 0.3) is 21.5 Å². The summed E-state index contributed by atoms with van der Waals surface area (Å²) < 4.78 is -0.0821. The number of amidine groups is 1. The lowest BCUT2D eigenvalue weighted by Gasteiger charge is -2.31. The van der Waals surface area contributed by atoms with Gasteiger partial charge in [-0.15, -0.1) is 15.9 Å². The SMILES string of the molecule is N[N+]12C=CN=CC1=C(C1CC(O)C1)N=C2c1cc2nc(-c3cccs3)ccc2cc1Cl. The fourth-order valence-electron chi connectivity index (χ4n) is 4.37. The number of fused-ring (bicyclic) bond motifs is 2. The Bertz CT molecular complexity index is 1340. The van der Waals surface area contributed by atoms with E-state index in [0.29, 0.717) is 23.7 Å². The molecule has 31 heavy (non-hydrogen) atoms. The fraction of sp³-hybridized carbons (Fsp3) is 0.174. The molecule has 154 valence electrons. The van der Waals surface area contributed by atoms with Crippen LogP contribution in [0.15, 0.2) is 75.6 Å². The molecule has 4 heterocycles. The molecule has 1 aromatic carbocycles. The Morgan fingerprint density at radius 1 is 1.19 bits per heavy atom. The highest BCUT2D eigenvalue weighted by Gasteiger charge is 2.48. The zero-order chi connectivity index (χ0) is 21.2. The van der Waals surface area contributed by atoms with E-state index in [4.69, 9.17) is 27.4 Å². The van der Waals surface area contributed by atoms with Gasteiger partial charge in [0.2, 0.25) is 5.70 Å². The number of quaternary nitrogens is 1. The minimum Gasteiger partial charge on any atom is -0.393 e. The number of nitrogens with two attached hydrogens (primary N) is 1. The van der Waals surface area contributed by atoms with Gasteiger partial charge >= 0.3 is 0 Å². The third-order valence-electron chi connectivity index (χ3n) is 6.11. The van der Waals surface area contributed by atoms with Gasteiger partial charge in [0.1, 0.15) is 11.9 Å². The molecule has 0 radical (unpaired) electrons. The van der Waals surface area contributed by atoms with Crippen molar-refractivity contribution in [3.63, 3.8) is 0 Å². The Labute approximate surface area is 187 Å². The molecule has 1 saturated carbocycles. The van der Waals surface area contributed by atoms with E-state index in [1.54, 1.807) is 23.8 Å². The smallest absolute Gasteiger partial charge is 0.266 e. The van der Waals surface area contributed by atoms with Crippen molar-refractivity contribution in [1.82, 2.24) is 4.98 Å². The fourth-order valence-corrected chi connectivity index (χ4v) is 5.33. The number of hydrogen-bond acceptors (Lipinski definition) is 6. The van der Waals surface area contributed by atoms with Crippen LogP contribution in [-0.2, 0) is 0 Å². The van der Waals surface area contributed by atoms with Crippen LogP contribution in [0.5, 0.6) is 0 Å². The predicted octanol–water partition coefficient (Wildman–Crippen LogP) is 4.61. The number of halogens is 1. The molecule has 0 spiro atoms. The molecule has 6 rings (SSSR count). The van der Waals surface area contributed by atoms with Crippen molar-refractivity contribution in [2.45, 2.75) is 18.9 Å². The highest BCUT2D eigenvalue weighted by Crippen LogP contribution is 2.43. The summed E-state index contributed by atoms with van der Waals surface area (Å²) in [4.78, 5) is 15.2. The van der Waals surface area contributed by atoms with Crippen molar-refractivity contribution in [2.24, 2.45) is 21.7 Å². The lowest BCUT2D eigenvalue weighted by Crippen LogP contribution is -2.53. The normalized spacial score (nSPS) is 26.9. The van der Waals surface area contributed by atoms with E-state index in [1.165, 1.54) is 0 Å². The molecule has 0 bridgehead atoms. The molecule has 3 N–H and O–H groups in total. The van der Waals surface area contributed by atoms with Crippen LogP contribution in [0.3, 0.4) is 0 Å². The number of thiophene rings is 1. The summed E-state index contributed by atoms with van der Waals surface area (Å²) in [5.74, 6) is 7.65. The van der Waals surface area contributed by atoms with Gasteiger partial charge < -0.3 is 5.11 Å². The van der Waals surface area contributed by atoms with Crippen molar-refractivity contribution in [2.75, 3.05) is 0 Å². The summed E-state index contributed by atoms with van der Waals surface area (Å²) in [6.45, 7) is 0. The highest BCUT2D eigenvalue weighted by atomic mass is 35.5. The Morgan fingerprint density at radius 2 is 2.06 bits per heavy atom. The molecule has 0 saturated heterocycles. The van der Waals surface area contributed by atoms with E-state index >= 15 is 0 Å². The minimum atomic E-state index is -0.280. The number of pyridine rings is 1. The Kier molecular flexibility index (Phi) is 4.25. The van der Waals surface area contributed by atoms with Crippen LogP contribution < -0.4 is 5.84 Å². The molecule has 1 fully saturated rings. The zero-order valence-corrected chi connectivity index (χ0v) is 18.0. The van der Waals surface area contributed by atoms with Gasteiger partial charge in [0.05, 0.1) is 45.2 Å². The van der Waals surface area contributed by atoms with Gasteiger partial charge in [-0.2, -0.15) is 10.8 Å². The van der Waals surface area contributed by atoms with Crippen molar-refractivity contribution in [3.8, 4) is 10.6 Å². The van der Waals surface area contributed by atoms with Crippen LogP contribution in [0, 0.1) is 5.92 Å². The van der Waals surface area contributed by atoms with Gasteiger partial charge in [-0.3, -0.25) is 4.99 Å². The first-order valence-corrected chi connectivity index (χ1v) is 11.3. The van der Waals surface area contributed by atoms with Crippen molar-refractivity contribution in [3.05, 3.63) is 76.2 Å². The molecule has 3 aromatic rings. The second-order valence-electron chi connectivity index (χ2n) is 8.08. The van der Waals surface area contributed by atoms with E-state index in [0.717, 1.165) is 38.4 Å². The summed E-state index contributed by atoms with van der Waals surface area (Å²) in [5, 5.41) is 13.4. The largest absolute Gasteiger partial charge is 0.393 e. The van der Waals surface area contributed by atoms with Gasteiger partial charge in [0.25, 0.3) is 5.84 Å². The predicted molar refractivity (Wildman–Crippen MR) is 124 cm³/mol. The quantitative estimate of drug-likeness (QED) is 0.453. The van der Waals surface area contributed by atoms with Crippen molar-refractivity contribution < 1.29 is 9.70 Å². The van der Waals surface area contributed by atoms with E-state index in [2.05, 4.69) is 11.1 Å². The van der Waals surface area contributed by atoms with Gasteiger partial charge in [0, 0.05) is 11.3 Å². The van der Waals surface area contributed by atoms with Crippen molar-refractivity contribution in [1.29, 1.82) is 0 Å². The number of aliphatic hydroxyl groups excluding tert-OH is 1. The first-order valence-electron chi connectivity index (χ1n) is 10.1. The number of benzene rings is 1. The average Bonchev–Trinajstić information content (AvgIpc) is 3.37. The molecule has 1 atom stereocenters. The maximum atomic E-state index is 9.81. The van der Waals surface area contributed by atoms with Gasteiger partial charge in [0.15, 0.2) is 0 Å². The first kappa shape index (κ1) is 19.0. The topological polar surface area (TPSA) is 83.9 Å². The molecule has 8 heteroatoms. The summed E-state index contributed by atoms with van der Waals surface area (Å²) in [6, 6.07) is 12.0. The molecule has 1 aliphatic carbocycles. The third kappa shape index (κ3) is 2.93. The Hall–Kier alpha value is -2.68. The number of rotatable bonds is 3. The summed E-state index contributed by atoms with van der Waals surface area (Å²) in [6.07, 6.45) is 6.34. The summed E-state index contributed by atoms with van der Waals surface area (Å²) in [7, 11) is 0. The molecule has 2 aromatic heterocycles. The van der Waals surface area contributed by atoms with Gasteiger partial charge in [-0.05, 0) is 42.5 Å². The monoisotopic (exact) mass is 448 g/mol. The zero-order valence-electron chi connectivity index (χ0n) is 16.4. The lowest BCUT2D eigenvalue weighted by atomic mass is 9.79. The molecule has 1 unspecified atom stereocenters. The molecule has 6 nitrogen and oxygen atoms in total. The van der Waals surface area contributed by atoms with Crippen molar-refractivity contribution >= 4 is 45.9 Å². The van der Waals surface area contributed by atoms with Gasteiger partial charge in [-0.1, -0.05) is 23.7 Å². The number of aliphatic hydroxyl groups is 1. The average molecular weight is 449 g/mol. The summed E-state index contributed by atoms with van der Waals surface area (Å²) >= 11 is 8.38. The maximum absolute atomic E-state index is 9.81. The van der Waals surface area contributed by atoms with Crippen LogP contribution >= 0.6 is 22.9 Å². The number of aliphatic imine (C=N–C) groups is 2. The second kappa shape index (κ2) is 6.91. The first-order chi connectivity index (χ1) is 15.0. The van der Waals surface area contributed by atoms with Crippen LogP contribution in [0.4, 0.5) is 0 Å². The Morgan fingerprint density at radius 3 is 2.84 bits per heavy atom. The summed E-state index contributed by atoms with van der Waals surface area (Å²) in [5.41, 5.74) is 4.22. The minimum absolute atomic E-state index is 0.0821. The number of hydrogen-bond donors (Lipinski definition) is 2. The number of nitrogens with zero attached hydrogens (tertiary/aromatic N) is 4. The van der Waals surface area contributed by atoms with E-state index < -0.39 is 0 Å². The van der Waals surface area contributed by atoms with Gasteiger partial charge in [-0.25, -0.2) is 4.98 Å². The van der Waals surface area contributed by atoms with Crippen LogP contribution in [0.2, 0.25) is 5.02 Å². The molecular formula is C23H19ClN5OS+. The lowest BCUT2D eigenvalue weighted by molar-refractivity contribution is -0.750. The standard InChI is InChI=1S/C23H19ClN5OS/c24-17-10-13-3-4-18(21-2-1-7-31-21)27-19(13)11-16(17)23-28-22(14-8-15(30)9-14)20-12-26-5-6-29(20,23)25/h1-7,10-12,14-15,30H,8-9,25H2/q+1. The van der Waals surface area contributed by atoms with Crippen LogP contribution in [-0.4, -0.2) is 32.8 Å².